The van der Waals surface area contributed by atoms with Crippen molar-refractivity contribution in [3.05, 3.63) is 24.2 Å². The van der Waals surface area contributed by atoms with Gasteiger partial charge in [-0.25, -0.2) is 0 Å². The van der Waals surface area contributed by atoms with Crippen LogP contribution in [0.2, 0.25) is 0 Å². The van der Waals surface area contributed by atoms with E-state index in [1.807, 2.05) is 13.8 Å². The molecule has 1 aliphatic heterocycles. The zero-order chi connectivity index (χ0) is 18.2. The highest BCUT2D eigenvalue weighted by Gasteiger charge is 2.28. The molecule has 0 bridgehead atoms. The first-order chi connectivity index (χ1) is 12.0. The van der Waals surface area contributed by atoms with E-state index in [4.69, 9.17) is 9.15 Å². The molecule has 25 heavy (non-hydrogen) atoms. The lowest BCUT2D eigenvalue weighted by molar-refractivity contribution is -0.146. The second kappa shape index (κ2) is 9.22. The summed E-state index contributed by atoms with van der Waals surface area (Å²) in [6.45, 7) is 6.23. The predicted molar refractivity (Wildman–Crippen MR) is 89.9 cm³/mol. The third-order valence-corrected chi connectivity index (χ3v) is 3.84. The van der Waals surface area contributed by atoms with Crippen molar-refractivity contribution < 1.29 is 23.5 Å². The fraction of sp³-hybridized carbons (Fsp3) is 0.588. The Morgan fingerprint density at radius 2 is 1.88 bits per heavy atom. The zero-order valence-corrected chi connectivity index (χ0v) is 14.7. The average molecular weight is 351 g/mol. The summed E-state index contributed by atoms with van der Waals surface area (Å²) >= 11 is 0. The summed E-state index contributed by atoms with van der Waals surface area (Å²) in [6, 6.07) is 3.26. The summed E-state index contributed by atoms with van der Waals surface area (Å²) in [4.78, 5) is 39.3. The Kier molecular flexibility index (Phi) is 7.00. The number of hydrogen-bond donors (Lipinski definition) is 1. The van der Waals surface area contributed by atoms with Crippen molar-refractivity contribution >= 4 is 17.7 Å². The summed E-state index contributed by atoms with van der Waals surface area (Å²) in [5.41, 5.74) is 0. The monoisotopic (exact) mass is 351 g/mol. The molecule has 138 valence electrons. The van der Waals surface area contributed by atoms with Crippen molar-refractivity contribution in [2.24, 2.45) is 0 Å². The highest BCUT2D eigenvalue weighted by molar-refractivity contribution is 6.35. The lowest BCUT2D eigenvalue weighted by atomic mass is 10.2. The minimum atomic E-state index is -0.615. The van der Waals surface area contributed by atoms with Crippen LogP contribution in [-0.2, 0) is 14.3 Å². The van der Waals surface area contributed by atoms with E-state index in [1.165, 1.54) is 11.2 Å². The lowest BCUT2D eigenvalue weighted by Gasteiger charge is -2.33. The number of piperazine rings is 1. The van der Waals surface area contributed by atoms with Gasteiger partial charge < -0.3 is 24.3 Å². The minimum absolute atomic E-state index is 0.150. The van der Waals surface area contributed by atoms with Crippen LogP contribution in [0, 0.1) is 0 Å². The Morgan fingerprint density at radius 3 is 2.48 bits per heavy atom. The summed E-state index contributed by atoms with van der Waals surface area (Å²) in [7, 11) is 0. The quantitative estimate of drug-likeness (QED) is 0.595. The van der Waals surface area contributed by atoms with Gasteiger partial charge in [-0.3, -0.25) is 14.4 Å². The Labute approximate surface area is 147 Å². The molecule has 0 radical (unpaired) electrons. The summed E-state index contributed by atoms with van der Waals surface area (Å²) in [5, 5.41) is 2.60. The molecule has 2 heterocycles. The molecule has 8 heteroatoms. The van der Waals surface area contributed by atoms with E-state index < -0.39 is 11.8 Å². The number of hydrogen-bond acceptors (Lipinski definition) is 5. The molecule has 1 saturated heterocycles. The van der Waals surface area contributed by atoms with Gasteiger partial charge in [-0.05, 0) is 32.4 Å². The Bertz CT molecular complexity index is 577. The van der Waals surface area contributed by atoms with Gasteiger partial charge in [0.05, 0.1) is 12.4 Å². The number of amides is 3. The molecule has 1 aliphatic rings. The maximum Gasteiger partial charge on any atom is 0.312 e. The van der Waals surface area contributed by atoms with E-state index in [-0.39, 0.29) is 17.8 Å². The molecule has 0 unspecified atom stereocenters. The van der Waals surface area contributed by atoms with Crippen LogP contribution >= 0.6 is 0 Å². The number of nitrogens with zero attached hydrogens (tertiary/aromatic N) is 2. The third-order valence-electron chi connectivity index (χ3n) is 3.84. The minimum Gasteiger partial charge on any atom is -0.459 e. The fourth-order valence-electron chi connectivity index (χ4n) is 2.48. The van der Waals surface area contributed by atoms with E-state index in [0.717, 1.165) is 0 Å². The molecule has 0 atom stereocenters. The first-order valence-corrected chi connectivity index (χ1v) is 8.50. The summed E-state index contributed by atoms with van der Waals surface area (Å²) in [5.74, 6) is -1.10. The molecule has 1 aromatic heterocycles. The third kappa shape index (κ3) is 5.60. The van der Waals surface area contributed by atoms with E-state index in [9.17, 15) is 14.4 Å². The molecule has 1 fully saturated rings. The molecule has 3 amide bonds. The molecule has 1 N–H and O–H groups in total. The van der Waals surface area contributed by atoms with Gasteiger partial charge in [0.2, 0.25) is 0 Å². The van der Waals surface area contributed by atoms with Gasteiger partial charge in [-0.15, -0.1) is 0 Å². The first-order valence-electron chi connectivity index (χ1n) is 8.50. The van der Waals surface area contributed by atoms with Crippen LogP contribution in [0.3, 0.4) is 0 Å². The Morgan fingerprint density at radius 1 is 1.20 bits per heavy atom. The molecule has 1 aromatic rings. The van der Waals surface area contributed by atoms with Crippen LogP contribution in [0.4, 0.5) is 0 Å². The van der Waals surface area contributed by atoms with E-state index in [1.54, 1.807) is 17.0 Å². The van der Waals surface area contributed by atoms with Crippen molar-refractivity contribution in [1.29, 1.82) is 0 Å². The fourth-order valence-corrected chi connectivity index (χ4v) is 2.48. The lowest BCUT2D eigenvalue weighted by Crippen LogP contribution is -2.53. The van der Waals surface area contributed by atoms with Crippen molar-refractivity contribution in [2.75, 3.05) is 39.3 Å². The van der Waals surface area contributed by atoms with Crippen molar-refractivity contribution in [3.63, 3.8) is 0 Å². The number of carbonyl (C=O) groups is 3. The second-order valence-corrected chi connectivity index (χ2v) is 6.09. The Balaban J connectivity index is 1.69. The number of rotatable bonds is 6. The summed E-state index contributed by atoms with van der Waals surface area (Å²) in [6.07, 6.45) is 2.25. The van der Waals surface area contributed by atoms with Crippen LogP contribution in [0.25, 0.3) is 0 Å². The smallest absolute Gasteiger partial charge is 0.312 e. The zero-order valence-electron chi connectivity index (χ0n) is 14.7. The van der Waals surface area contributed by atoms with E-state index in [0.29, 0.717) is 45.8 Å². The van der Waals surface area contributed by atoms with Crippen molar-refractivity contribution in [1.82, 2.24) is 15.1 Å². The number of furan rings is 1. The van der Waals surface area contributed by atoms with Crippen LogP contribution in [-0.4, -0.2) is 73.0 Å². The topological polar surface area (TPSA) is 92.1 Å². The average Bonchev–Trinajstić information content (AvgIpc) is 3.14. The van der Waals surface area contributed by atoms with Crippen molar-refractivity contribution in [3.8, 4) is 0 Å². The molecule has 2 rings (SSSR count). The maximum absolute atomic E-state index is 12.2. The molecular weight excluding hydrogens is 326 g/mol. The highest BCUT2D eigenvalue weighted by atomic mass is 16.5. The number of carbonyl (C=O) groups excluding carboxylic acids is 3. The van der Waals surface area contributed by atoms with Gasteiger partial charge in [0, 0.05) is 39.3 Å². The predicted octanol–water partition coefficient (Wildman–Crippen LogP) is 0.495. The largest absolute Gasteiger partial charge is 0.459 e. The van der Waals surface area contributed by atoms with Gasteiger partial charge >= 0.3 is 11.8 Å². The van der Waals surface area contributed by atoms with Gasteiger partial charge in [-0.1, -0.05) is 0 Å². The summed E-state index contributed by atoms with van der Waals surface area (Å²) < 4.78 is 10.5. The molecule has 0 aliphatic carbocycles. The maximum atomic E-state index is 12.2. The van der Waals surface area contributed by atoms with Crippen LogP contribution in [0.1, 0.15) is 30.8 Å². The van der Waals surface area contributed by atoms with E-state index >= 15 is 0 Å². The molecule has 0 aromatic carbocycles. The van der Waals surface area contributed by atoms with Crippen molar-refractivity contribution in [2.45, 2.75) is 26.4 Å². The van der Waals surface area contributed by atoms with Crippen LogP contribution < -0.4 is 5.32 Å². The second-order valence-electron chi connectivity index (χ2n) is 6.09. The van der Waals surface area contributed by atoms with Gasteiger partial charge in [0.15, 0.2) is 5.76 Å². The standard InChI is InChI=1S/C17H25N3O5/c1-13(2)24-12-4-6-18-15(21)17(23)20-9-7-19(8-10-20)16(22)14-5-3-11-25-14/h3,5,11,13H,4,6-10,12H2,1-2H3,(H,18,21). The molecule has 0 saturated carbocycles. The van der Waals surface area contributed by atoms with Gasteiger partial charge in [-0.2, -0.15) is 0 Å². The first kappa shape index (κ1) is 19.0. The number of nitrogens with one attached hydrogen (secondary N) is 1. The number of ether oxygens (including phenoxy) is 1. The van der Waals surface area contributed by atoms with E-state index in [2.05, 4.69) is 5.32 Å². The molecule has 8 nitrogen and oxygen atoms in total. The molecular formula is C17H25N3O5. The molecule has 0 spiro atoms. The normalized spacial score (nSPS) is 14.7. The van der Waals surface area contributed by atoms with Gasteiger partial charge in [0.25, 0.3) is 5.91 Å². The highest BCUT2D eigenvalue weighted by Crippen LogP contribution is 2.09. The van der Waals surface area contributed by atoms with Crippen LogP contribution in [0.5, 0.6) is 0 Å². The van der Waals surface area contributed by atoms with Crippen LogP contribution in [0.15, 0.2) is 22.8 Å². The Hall–Kier alpha value is -2.35. The van der Waals surface area contributed by atoms with Gasteiger partial charge in [0.1, 0.15) is 0 Å². The SMILES string of the molecule is CC(C)OCCCNC(=O)C(=O)N1CCN(C(=O)c2ccco2)CC1.